The van der Waals surface area contributed by atoms with Crippen LogP contribution in [0.1, 0.15) is 31.0 Å². The fraction of sp³-hybridized carbons (Fsp3) is 0.294. The van der Waals surface area contributed by atoms with Gasteiger partial charge in [-0.25, -0.2) is 13.2 Å². The highest BCUT2D eigenvalue weighted by atomic mass is 19.1. The van der Waals surface area contributed by atoms with E-state index in [-0.39, 0.29) is 11.9 Å². The molecule has 4 heteroatoms. The molecule has 0 fully saturated rings. The number of hydrogen-bond donors (Lipinski definition) is 1. The van der Waals surface area contributed by atoms with E-state index in [4.69, 9.17) is 0 Å². The van der Waals surface area contributed by atoms with Gasteiger partial charge < -0.3 is 5.32 Å². The molecular weight excluding hydrogens is 275 g/mol. The molecule has 0 aliphatic rings. The first-order chi connectivity index (χ1) is 9.84. The Balaban J connectivity index is 2.45. The standard InChI is InChI=1S/C17H18F3N/c1-17(2,12-4-6-13(18)7-5-12)16(21-3)11-8-14(19)10-15(20)9-11/h4-10,16,21H,1-3H3. The summed E-state index contributed by atoms with van der Waals surface area (Å²) in [6.45, 7) is 3.90. The monoisotopic (exact) mass is 293 g/mol. The zero-order valence-corrected chi connectivity index (χ0v) is 12.3. The number of hydrogen-bond acceptors (Lipinski definition) is 1. The lowest BCUT2D eigenvalue weighted by molar-refractivity contribution is 0.365. The lowest BCUT2D eigenvalue weighted by Crippen LogP contribution is -2.35. The van der Waals surface area contributed by atoms with Crippen molar-refractivity contribution in [1.82, 2.24) is 5.32 Å². The molecule has 0 heterocycles. The first-order valence-electron chi connectivity index (χ1n) is 6.74. The molecule has 2 rings (SSSR count). The van der Waals surface area contributed by atoms with Crippen molar-refractivity contribution in [3.63, 3.8) is 0 Å². The van der Waals surface area contributed by atoms with E-state index in [0.29, 0.717) is 5.56 Å². The van der Waals surface area contributed by atoms with Crippen molar-refractivity contribution in [2.75, 3.05) is 7.05 Å². The van der Waals surface area contributed by atoms with Crippen LogP contribution < -0.4 is 5.32 Å². The summed E-state index contributed by atoms with van der Waals surface area (Å²) in [4.78, 5) is 0. The molecule has 0 amide bonds. The Bertz CT molecular complexity index is 600. The van der Waals surface area contributed by atoms with Gasteiger partial charge in [0.25, 0.3) is 0 Å². The fourth-order valence-electron chi connectivity index (χ4n) is 2.73. The van der Waals surface area contributed by atoms with E-state index in [1.54, 1.807) is 19.2 Å². The van der Waals surface area contributed by atoms with Crippen molar-refractivity contribution in [3.8, 4) is 0 Å². The highest BCUT2D eigenvalue weighted by Gasteiger charge is 2.32. The van der Waals surface area contributed by atoms with Crippen molar-refractivity contribution in [3.05, 3.63) is 71.0 Å². The van der Waals surface area contributed by atoms with Crippen LogP contribution in [0.4, 0.5) is 13.2 Å². The van der Waals surface area contributed by atoms with Crippen molar-refractivity contribution in [2.45, 2.75) is 25.3 Å². The molecule has 1 atom stereocenters. The van der Waals surface area contributed by atoms with Gasteiger partial charge in [-0.1, -0.05) is 26.0 Å². The number of likely N-dealkylation sites (N-methyl/N-ethyl adjacent to an activating group) is 1. The number of rotatable bonds is 4. The lowest BCUT2D eigenvalue weighted by Gasteiger charge is -2.35. The highest BCUT2D eigenvalue weighted by molar-refractivity contribution is 5.32. The molecule has 2 aromatic carbocycles. The molecule has 0 aliphatic carbocycles. The molecule has 1 nitrogen and oxygen atoms in total. The number of benzene rings is 2. The van der Waals surface area contributed by atoms with E-state index in [1.807, 2.05) is 13.8 Å². The SMILES string of the molecule is CNC(c1cc(F)cc(F)c1)C(C)(C)c1ccc(F)cc1. The summed E-state index contributed by atoms with van der Waals surface area (Å²) in [5.74, 6) is -1.53. The molecule has 0 bridgehead atoms. The highest BCUT2D eigenvalue weighted by Crippen LogP contribution is 2.37. The van der Waals surface area contributed by atoms with E-state index in [1.165, 1.54) is 24.3 Å². The molecule has 21 heavy (non-hydrogen) atoms. The van der Waals surface area contributed by atoms with Crippen LogP contribution >= 0.6 is 0 Å². The second-order valence-electron chi connectivity index (χ2n) is 5.65. The fourth-order valence-corrected chi connectivity index (χ4v) is 2.73. The van der Waals surface area contributed by atoms with E-state index in [2.05, 4.69) is 5.32 Å². The van der Waals surface area contributed by atoms with E-state index in [0.717, 1.165) is 11.6 Å². The smallest absolute Gasteiger partial charge is 0.126 e. The van der Waals surface area contributed by atoms with Crippen LogP contribution in [0, 0.1) is 17.5 Å². The summed E-state index contributed by atoms with van der Waals surface area (Å²) in [6.07, 6.45) is 0. The molecule has 0 saturated carbocycles. The predicted octanol–water partition coefficient (Wildman–Crippen LogP) is 4.34. The summed E-state index contributed by atoms with van der Waals surface area (Å²) in [7, 11) is 1.73. The normalized spacial score (nSPS) is 13.2. The predicted molar refractivity (Wildman–Crippen MR) is 77.6 cm³/mol. The summed E-state index contributed by atoms with van der Waals surface area (Å²) >= 11 is 0. The molecule has 112 valence electrons. The number of nitrogens with one attached hydrogen (secondary N) is 1. The van der Waals surface area contributed by atoms with Crippen LogP contribution in [0.15, 0.2) is 42.5 Å². The molecule has 1 unspecified atom stereocenters. The quantitative estimate of drug-likeness (QED) is 0.884. The van der Waals surface area contributed by atoms with Crippen molar-refractivity contribution < 1.29 is 13.2 Å². The van der Waals surface area contributed by atoms with E-state index < -0.39 is 17.0 Å². The third kappa shape index (κ3) is 3.27. The molecule has 0 spiro atoms. The van der Waals surface area contributed by atoms with Crippen LogP contribution in [-0.4, -0.2) is 7.05 Å². The first-order valence-corrected chi connectivity index (χ1v) is 6.74. The topological polar surface area (TPSA) is 12.0 Å². The van der Waals surface area contributed by atoms with Gasteiger partial charge in [0, 0.05) is 17.5 Å². The van der Waals surface area contributed by atoms with Crippen LogP contribution in [0.3, 0.4) is 0 Å². The zero-order valence-electron chi connectivity index (χ0n) is 12.3. The summed E-state index contributed by atoms with van der Waals surface area (Å²) < 4.78 is 40.0. The second kappa shape index (κ2) is 5.90. The Morgan fingerprint density at radius 1 is 0.857 bits per heavy atom. The van der Waals surface area contributed by atoms with Gasteiger partial charge in [0.2, 0.25) is 0 Å². The molecular formula is C17H18F3N. The molecule has 0 aliphatic heterocycles. The minimum absolute atomic E-state index is 0.312. The van der Waals surface area contributed by atoms with Crippen molar-refractivity contribution in [2.24, 2.45) is 0 Å². The van der Waals surface area contributed by atoms with Gasteiger partial charge in [0.15, 0.2) is 0 Å². The molecule has 0 radical (unpaired) electrons. The summed E-state index contributed by atoms with van der Waals surface area (Å²) in [5.41, 5.74) is 0.931. The van der Waals surface area contributed by atoms with Crippen LogP contribution in [-0.2, 0) is 5.41 Å². The lowest BCUT2D eigenvalue weighted by atomic mass is 9.75. The van der Waals surface area contributed by atoms with Gasteiger partial charge in [-0.3, -0.25) is 0 Å². The average Bonchev–Trinajstić information content (AvgIpc) is 2.38. The second-order valence-corrected chi connectivity index (χ2v) is 5.65. The van der Waals surface area contributed by atoms with Gasteiger partial charge in [0.05, 0.1) is 0 Å². The zero-order chi connectivity index (χ0) is 15.6. The summed E-state index contributed by atoms with van der Waals surface area (Å²) in [6, 6.07) is 9.32. The Kier molecular flexibility index (Phi) is 4.37. The van der Waals surface area contributed by atoms with Crippen LogP contribution in [0.25, 0.3) is 0 Å². The van der Waals surface area contributed by atoms with E-state index >= 15 is 0 Å². The molecule has 2 aromatic rings. The molecule has 0 aromatic heterocycles. The third-order valence-corrected chi connectivity index (χ3v) is 3.82. The largest absolute Gasteiger partial charge is 0.312 e. The van der Waals surface area contributed by atoms with Crippen molar-refractivity contribution >= 4 is 0 Å². The average molecular weight is 293 g/mol. The molecule has 0 saturated heterocycles. The van der Waals surface area contributed by atoms with Gasteiger partial charge >= 0.3 is 0 Å². The Hall–Kier alpha value is -1.81. The van der Waals surface area contributed by atoms with Gasteiger partial charge in [0.1, 0.15) is 17.5 Å². The summed E-state index contributed by atoms with van der Waals surface area (Å²) in [5, 5.41) is 3.10. The van der Waals surface area contributed by atoms with Gasteiger partial charge in [-0.05, 0) is 42.4 Å². The minimum Gasteiger partial charge on any atom is -0.312 e. The Morgan fingerprint density at radius 2 is 1.38 bits per heavy atom. The Labute approximate surface area is 122 Å². The van der Waals surface area contributed by atoms with Gasteiger partial charge in [-0.2, -0.15) is 0 Å². The molecule has 1 N–H and O–H groups in total. The first kappa shape index (κ1) is 15.6. The maximum Gasteiger partial charge on any atom is 0.126 e. The van der Waals surface area contributed by atoms with Crippen molar-refractivity contribution in [1.29, 1.82) is 0 Å². The minimum atomic E-state index is -0.611. The maximum atomic E-state index is 13.5. The van der Waals surface area contributed by atoms with E-state index in [9.17, 15) is 13.2 Å². The van der Waals surface area contributed by atoms with Crippen LogP contribution in [0.5, 0.6) is 0 Å². The van der Waals surface area contributed by atoms with Crippen LogP contribution in [0.2, 0.25) is 0 Å². The van der Waals surface area contributed by atoms with Gasteiger partial charge in [-0.15, -0.1) is 0 Å². The number of halogens is 3. The Morgan fingerprint density at radius 3 is 1.86 bits per heavy atom. The maximum absolute atomic E-state index is 13.5. The third-order valence-electron chi connectivity index (χ3n) is 3.82.